The summed E-state index contributed by atoms with van der Waals surface area (Å²) in [5, 5.41) is 14.8. The lowest BCUT2D eigenvalue weighted by atomic mass is 9.91. The van der Waals surface area contributed by atoms with Gasteiger partial charge in [0.2, 0.25) is 5.89 Å². The second-order valence-electron chi connectivity index (χ2n) is 6.36. The second-order valence-corrected chi connectivity index (χ2v) is 7.30. The summed E-state index contributed by atoms with van der Waals surface area (Å²) >= 11 is 1.62. The minimum atomic E-state index is 0.154. The molecule has 24 heavy (non-hydrogen) atoms. The predicted molar refractivity (Wildman–Crippen MR) is 92.8 cm³/mol. The molecule has 1 aliphatic heterocycles. The summed E-state index contributed by atoms with van der Waals surface area (Å²) in [6, 6.07) is 4.16. The molecule has 1 atom stereocenters. The normalized spacial score (nSPS) is 18.1. The summed E-state index contributed by atoms with van der Waals surface area (Å²) in [6.07, 6.45) is 6.41. The minimum absolute atomic E-state index is 0.154. The molecule has 6 nitrogen and oxygen atoms in total. The number of aryl methyl sites for hydroxylation is 1. The molecule has 126 valence electrons. The predicted octanol–water partition coefficient (Wildman–Crippen LogP) is 3.47. The first-order chi connectivity index (χ1) is 11.7. The van der Waals surface area contributed by atoms with Crippen LogP contribution in [0.1, 0.15) is 43.2 Å². The van der Waals surface area contributed by atoms with E-state index in [-0.39, 0.29) is 6.04 Å². The van der Waals surface area contributed by atoms with Gasteiger partial charge in [-0.05, 0) is 55.8 Å². The second kappa shape index (κ2) is 6.49. The zero-order valence-corrected chi connectivity index (χ0v) is 14.7. The number of likely N-dealkylation sites (tertiary alicyclic amines) is 1. The van der Waals surface area contributed by atoms with Gasteiger partial charge in [-0.2, -0.15) is 5.10 Å². The number of piperidine rings is 1. The van der Waals surface area contributed by atoms with E-state index in [0.29, 0.717) is 17.7 Å². The van der Waals surface area contributed by atoms with Crippen LogP contribution in [0.3, 0.4) is 0 Å². The fourth-order valence-corrected chi connectivity index (χ4v) is 3.97. The molecule has 0 spiro atoms. The number of thiophene rings is 1. The van der Waals surface area contributed by atoms with Crippen LogP contribution in [-0.2, 0) is 7.05 Å². The molecule has 3 aromatic rings. The molecule has 1 saturated heterocycles. The third-order valence-corrected chi connectivity index (χ3v) is 5.66. The quantitative estimate of drug-likeness (QED) is 0.726. The molecule has 0 unspecified atom stereocenters. The van der Waals surface area contributed by atoms with Gasteiger partial charge in [0, 0.05) is 13.2 Å². The van der Waals surface area contributed by atoms with Crippen molar-refractivity contribution in [1.29, 1.82) is 0 Å². The number of hydrogen-bond acceptors (Lipinski definition) is 6. The molecule has 1 aliphatic rings. The molecule has 4 rings (SSSR count). The van der Waals surface area contributed by atoms with Crippen LogP contribution < -0.4 is 0 Å². The third-order valence-electron chi connectivity index (χ3n) is 4.80. The highest BCUT2D eigenvalue weighted by Gasteiger charge is 2.28. The third kappa shape index (κ3) is 3.01. The van der Waals surface area contributed by atoms with Crippen LogP contribution in [0.15, 0.2) is 34.3 Å². The van der Waals surface area contributed by atoms with Crippen LogP contribution in [0.4, 0.5) is 0 Å². The first kappa shape index (κ1) is 15.5. The fraction of sp³-hybridized carbons (Fsp3) is 0.471. The maximum absolute atomic E-state index is 5.89. The van der Waals surface area contributed by atoms with Gasteiger partial charge in [-0.25, -0.2) is 0 Å². The Labute approximate surface area is 145 Å². The summed E-state index contributed by atoms with van der Waals surface area (Å²) in [6.45, 7) is 4.23. The molecule has 0 saturated carbocycles. The van der Waals surface area contributed by atoms with Gasteiger partial charge < -0.3 is 4.42 Å². The first-order valence-corrected chi connectivity index (χ1v) is 9.18. The van der Waals surface area contributed by atoms with E-state index in [1.807, 2.05) is 35.4 Å². The summed E-state index contributed by atoms with van der Waals surface area (Å²) in [4.78, 5) is 3.45. The maximum Gasteiger partial charge on any atom is 0.257 e. The summed E-state index contributed by atoms with van der Waals surface area (Å²) in [7, 11) is 1.97. The Hall–Kier alpha value is -1.99. The molecular formula is C17H21N5OS. The molecule has 0 bridgehead atoms. The van der Waals surface area contributed by atoms with Gasteiger partial charge in [-0.15, -0.1) is 21.5 Å². The summed E-state index contributed by atoms with van der Waals surface area (Å²) in [5.74, 6) is 1.93. The lowest BCUT2D eigenvalue weighted by Crippen LogP contribution is -2.35. The van der Waals surface area contributed by atoms with Crippen molar-refractivity contribution in [2.75, 3.05) is 13.1 Å². The van der Waals surface area contributed by atoms with Crippen molar-refractivity contribution in [3.8, 4) is 10.8 Å². The number of nitrogens with zero attached hydrogens (tertiary/aromatic N) is 5. The average molecular weight is 343 g/mol. The van der Waals surface area contributed by atoms with Crippen LogP contribution in [-0.4, -0.2) is 38.0 Å². The van der Waals surface area contributed by atoms with E-state index < -0.39 is 0 Å². The Balaban J connectivity index is 1.40. The molecule has 4 heterocycles. The average Bonchev–Trinajstić information content (AvgIpc) is 3.35. The van der Waals surface area contributed by atoms with Crippen molar-refractivity contribution < 1.29 is 4.42 Å². The van der Waals surface area contributed by atoms with Crippen molar-refractivity contribution >= 4 is 11.3 Å². The van der Waals surface area contributed by atoms with Gasteiger partial charge in [0.15, 0.2) is 0 Å². The SMILES string of the molecule is C[C@@H](c1nnc(-c2cccs2)o1)N1CCC(c2cnn(C)c2)CC1. The van der Waals surface area contributed by atoms with Gasteiger partial charge >= 0.3 is 0 Å². The van der Waals surface area contributed by atoms with E-state index in [9.17, 15) is 0 Å². The van der Waals surface area contributed by atoms with E-state index in [4.69, 9.17) is 4.42 Å². The van der Waals surface area contributed by atoms with Gasteiger partial charge in [-0.3, -0.25) is 9.58 Å². The Morgan fingerprint density at radius 2 is 2.12 bits per heavy atom. The number of hydrogen-bond donors (Lipinski definition) is 0. The molecule has 0 aliphatic carbocycles. The molecule has 0 radical (unpaired) electrons. The van der Waals surface area contributed by atoms with E-state index in [0.717, 1.165) is 30.8 Å². The molecule has 0 N–H and O–H groups in total. The molecule has 1 fully saturated rings. The van der Waals surface area contributed by atoms with Crippen molar-refractivity contribution in [2.24, 2.45) is 7.05 Å². The molecule has 3 aromatic heterocycles. The van der Waals surface area contributed by atoms with Gasteiger partial charge in [0.05, 0.1) is 17.1 Å². The smallest absolute Gasteiger partial charge is 0.257 e. The van der Waals surface area contributed by atoms with Crippen LogP contribution in [0.5, 0.6) is 0 Å². The van der Waals surface area contributed by atoms with Crippen molar-refractivity contribution in [3.63, 3.8) is 0 Å². The van der Waals surface area contributed by atoms with E-state index >= 15 is 0 Å². The molecule has 0 aromatic carbocycles. The van der Waals surface area contributed by atoms with Crippen molar-refractivity contribution in [1.82, 2.24) is 24.9 Å². The van der Waals surface area contributed by atoms with Crippen LogP contribution in [0.2, 0.25) is 0 Å². The largest absolute Gasteiger partial charge is 0.418 e. The number of rotatable bonds is 4. The minimum Gasteiger partial charge on any atom is -0.418 e. The van der Waals surface area contributed by atoms with Crippen LogP contribution in [0.25, 0.3) is 10.8 Å². The van der Waals surface area contributed by atoms with Gasteiger partial charge in [-0.1, -0.05) is 6.07 Å². The highest BCUT2D eigenvalue weighted by molar-refractivity contribution is 7.13. The lowest BCUT2D eigenvalue weighted by molar-refractivity contribution is 0.143. The monoisotopic (exact) mass is 343 g/mol. The topological polar surface area (TPSA) is 60.0 Å². The van der Waals surface area contributed by atoms with Crippen LogP contribution in [0, 0.1) is 0 Å². The van der Waals surface area contributed by atoms with Gasteiger partial charge in [0.1, 0.15) is 0 Å². The zero-order chi connectivity index (χ0) is 16.5. The summed E-state index contributed by atoms with van der Waals surface area (Å²) < 4.78 is 7.77. The molecule has 7 heteroatoms. The Bertz CT molecular complexity index is 786. The van der Waals surface area contributed by atoms with Crippen molar-refractivity contribution in [2.45, 2.75) is 31.7 Å². The van der Waals surface area contributed by atoms with E-state index in [1.165, 1.54) is 5.56 Å². The van der Waals surface area contributed by atoms with Crippen molar-refractivity contribution in [3.05, 3.63) is 41.4 Å². The van der Waals surface area contributed by atoms with E-state index in [1.54, 1.807) is 11.3 Å². The van der Waals surface area contributed by atoms with E-state index in [2.05, 4.69) is 33.3 Å². The Kier molecular flexibility index (Phi) is 4.20. The first-order valence-electron chi connectivity index (χ1n) is 8.30. The van der Waals surface area contributed by atoms with Crippen LogP contribution >= 0.6 is 11.3 Å². The highest BCUT2D eigenvalue weighted by Crippen LogP contribution is 2.32. The highest BCUT2D eigenvalue weighted by atomic mass is 32.1. The fourth-order valence-electron chi connectivity index (χ4n) is 3.33. The molecule has 0 amide bonds. The molecular weight excluding hydrogens is 322 g/mol. The Morgan fingerprint density at radius 1 is 1.29 bits per heavy atom. The Morgan fingerprint density at radius 3 is 2.79 bits per heavy atom. The van der Waals surface area contributed by atoms with Gasteiger partial charge in [0.25, 0.3) is 5.89 Å². The number of aromatic nitrogens is 4. The zero-order valence-electron chi connectivity index (χ0n) is 13.9. The standard InChI is InChI=1S/C17H21N5OS/c1-12(16-19-20-17(23-16)15-4-3-9-24-15)22-7-5-13(6-8-22)14-10-18-21(2)11-14/h3-4,9-13H,5-8H2,1-2H3/t12-/m0/s1. The summed E-state index contributed by atoms with van der Waals surface area (Å²) in [5.41, 5.74) is 1.35. The lowest BCUT2D eigenvalue weighted by Gasteiger charge is -2.34. The maximum atomic E-state index is 5.89.